The number of rotatable bonds is 16. The second-order valence-electron chi connectivity index (χ2n) is 18.7. The highest BCUT2D eigenvalue weighted by Crippen LogP contribution is 2.40. The van der Waals surface area contributed by atoms with E-state index in [9.17, 15) is 19.2 Å². The van der Waals surface area contributed by atoms with Gasteiger partial charge in [0.1, 0.15) is 24.5 Å². The van der Waals surface area contributed by atoms with E-state index < -0.39 is 29.7 Å². The maximum atomic E-state index is 13.2. The molecular formula is C54H61N3O7. The summed E-state index contributed by atoms with van der Waals surface area (Å²) in [5.41, 5.74) is 8.93. The largest absolute Gasteiger partial charge is 0.491 e. The van der Waals surface area contributed by atoms with E-state index in [1.165, 1.54) is 53.5 Å². The summed E-state index contributed by atoms with van der Waals surface area (Å²) in [5, 5.41) is 2.22. The topological polar surface area (TPSA) is 114 Å². The minimum Gasteiger partial charge on any atom is -0.491 e. The van der Waals surface area contributed by atoms with Gasteiger partial charge >= 0.3 is 0 Å². The molecule has 64 heavy (non-hydrogen) atoms. The predicted molar refractivity (Wildman–Crippen MR) is 248 cm³/mol. The van der Waals surface area contributed by atoms with Crippen LogP contribution in [0.2, 0.25) is 0 Å². The van der Waals surface area contributed by atoms with Crippen LogP contribution in [0.3, 0.4) is 0 Å². The Morgan fingerprint density at radius 3 is 2.41 bits per heavy atom. The van der Waals surface area contributed by atoms with Gasteiger partial charge in [0.15, 0.2) is 5.76 Å². The first-order chi connectivity index (χ1) is 30.9. The van der Waals surface area contributed by atoms with Crippen molar-refractivity contribution in [2.24, 2.45) is 11.8 Å². The highest BCUT2D eigenvalue weighted by molar-refractivity contribution is 6.23. The van der Waals surface area contributed by atoms with Gasteiger partial charge in [0.25, 0.3) is 11.8 Å². The molecule has 3 unspecified atom stereocenters. The van der Waals surface area contributed by atoms with Crippen LogP contribution in [0.4, 0.5) is 0 Å². The van der Waals surface area contributed by atoms with Crippen molar-refractivity contribution in [3.63, 3.8) is 0 Å². The number of fused-ring (bicyclic) bond motifs is 2. The molecule has 4 atom stereocenters. The van der Waals surface area contributed by atoms with E-state index in [4.69, 9.17) is 20.6 Å². The number of aryl methyl sites for hydroxylation is 2. The lowest BCUT2D eigenvalue weighted by molar-refractivity contribution is -0.136. The van der Waals surface area contributed by atoms with Gasteiger partial charge in [0.2, 0.25) is 11.8 Å². The van der Waals surface area contributed by atoms with Crippen LogP contribution in [0.1, 0.15) is 121 Å². The van der Waals surface area contributed by atoms with Crippen molar-refractivity contribution >= 4 is 29.2 Å². The summed E-state index contributed by atoms with van der Waals surface area (Å²) in [6.45, 7) is 15.7. The van der Waals surface area contributed by atoms with Crippen LogP contribution in [-0.2, 0) is 19.1 Å². The molecule has 0 spiro atoms. The Hall–Kier alpha value is -5.76. The second-order valence-corrected chi connectivity index (χ2v) is 18.7. The number of piperidine rings is 2. The van der Waals surface area contributed by atoms with Crippen LogP contribution in [0.25, 0.3) is 16.7 Å². The third-order valence-electron chi connectivity index (χ3n) is 14.0. The van der Waals surface area contributed by atoms with E-state index in [0.717, 1.165) is 54.3 Å². The van der Waals surface area contributed by atoms with Crippen LogP contribution < -0.4 is 10.1 Å². The SMILES string of the molecule is C#C/C(=C\C=C(/C=C)c1ccc(-c2cc(C)ccc2C)c(C(C)C)c1)O[C@H]1C[C@H](CCC2CCN3C[C@H](OCCOc4ccc5c(c4)C(=O)N(C4CCC(=O)NC4=O)C5=O)CC3C2)C1. The van der Waals surface area contributed by atoms with Gasteiger partial charge in [0, 0.05) is 19.0 Å². The fourth-order valence-corrected chi connectivity index (χ4v) is 10.3. The Bertz CT molecular complexity index is 2420. The Labute approximate surface area is 378 Å². The van der Waals surface area contributed by atoms with Gasteiger partial charge in [-0.15, -0.1) is 6.42 Å². The molecule has 3 aromatic carbocycles. The molecule has 1 saturated carbocycles. The van der Waals surface area contributed by atoms with Crippen molar-refractivity contribution in [3.8, 4) is 29.2 Å². The summed E-state index contributed by atoms with van der Waals surface area (Å²) < 4.78 is 18.5. The number of hydrogen-bond acceptors (Lipinski definition) is 8. The smallest absolute Gasteiger partial charge is 0.262 e. The Kier molecular flexibility index (Phi) is 13.7. The van der Waals surface area contributed by atoms with E-state index >= 15 is 0 Å². The summed E-state index contributed by atoms with van der Waals surface area (Å²) in [5.74, 6) is 3.42. The number of hydrogen-bond donors (Lipinski definition) is 1. The fourth-order valence-electron chi connectivity index (χ4n) is 10.3. The second kappa shape index (κ2) is 19.5. The summed E-state index contributed by atoms with van der Waals surface area (Å²) in [6.07, 6.45) is 20.2. The molecule has 10 nitrogen and oxygen atoms in total. The number of allylic oxidation sites excluding steroid dienone is 5. The molecule has 0 bridgehead atoms. The molecule has 1 N–H and O–H groups in total. The van der Waals surface area contributed by atoms with Crippen LogP contribution in [0, 0.1) is 38.0 Å². The molecule has 5 aliphatic rings. The average molecular weight is 864 g/mol. The van der Waals surface area contributed by atoms with E-state index in [1.54, 1.807) is 18.2 Å². The zero-order chi connectivity index (χ0) is 45.1. The van der Waals surface area contributed by atoms with Gasteiger partial charge < -0.3 is 14.2 Å². The molecule has 3 saturated heterocycles. The van der Waals surface area contributed by atoms with Crippen LogP contribution in [0.15, 0.2) is 85.2 Å². The van der Waals surface area contributed by atoms with Crippen molar-refractivity contribution in [1.29, 1.82) is 0 Å². The van der Waals surface area contributed by atoms with Crippen molar-refractivity contribution in [3.05, 3.63) is 119 Å². The predicted octanol–water partition coefficient (Wildman–Crippen LogP) is 9.11. The lowest BCUT2D eigenvalue weighted by atomic mass is 9.76. The number of nitrogens with one attached hydrogen (secondary N) is 1. The van der Waals surface area contributed by atoms with Gasteiger partial charge in [-0.25, -0.2) is 0 Å². The third kappa shape index (κ3) is 9.81. The quantitative estimate of drug-likeness (QED) is 0.0499. The number of imide groups is 2. The van der Waals surface area contributed by atoms with Gasteiger partial charge in [-0.1, -0.05) is 81.0 Å². The van der Waals surface area contributed by atoms with E-state index in [2.05, 4.69) is 86.8 Å². The Morgan fingerprint density at radius 2 is 1.64 bits per heavy atom. The zero-order valence-corrected chi connectivity index (χ0v) is 37.7. The molecule has 4 amide bonds. The number of carbonyl (C=O) groups is 4. The molecule has 334 valence electrons. The molecule has 10 heteroatoms. The molecule has 4 heterocycles. The molecule has 4 fully saturated rings. The first-order valence-electron chi connectivity index (χ1n) is 23.1. The number of nitrogens with zero attached hydrogens (tertiary/aromatic N) is 2. The molecule has 4 aliphatic heterocycles. The summed E-state index contributed by atoms with van der Waals surface area (Å²) in [7, 11) is 0. The fraction of sp³-hybridized carbons (Fsp3) is 0.444. The average Bonchev–Trinajstić information content (AvgIpc) is 3.79. The van der Waals surface area contributed by atoms with Crippen molar-refractivity contribution in [2.45, 2.75) is 116 Å². The van der Waals surface area contributed by atoms with E-state index in [1.807, 2.05) is 18.2 Å². The first-order valence-corrected chi connectivity index (χ1v) is 23.1. The van der Waals surface area contributed by atoms with E-state index in [-0.39, 0.29) is 36.2 Å². The lowest BCUT2D eigenvalue weighted by Crippen LogP contribution is -2.54. The van der Waals surface area contributed by atoms with Crippen molar-refractivity contribution in [2.75, 3.05) is 26.3 Å². The number of ether oxygens (including phenoxy) is 3. The summed E-state index contributed by atoms with van der Waals surface area (Å²) in [6, 6.07) is 17.6. The molecule has 1 aliphatic carbocycles. The van der Waals surface area contributed by atoms with Gasteiger partial charge in [-0.2, -0.15) is 0 Å². The minimum atomic E-state index is -0.999. The van der Waals surface area contributed by atoms with E-state index in [0.29, 0.717) is 42.6 Å². The number of benzene rings is 3. The highest BCUT2D eigenvalue weighted by Gasteiger charge is 2.45. The van der Waals surface area contributed by atoms with Gasteiger partial charge in [-0.05, 0) is 147 Å². The Morgan fingerprint density at radius 1 is 0.859 bits per heavy atom. The molecule has 0 aromatic heterocycles. The molecule has 0 radical (unpaired) electrons. The first kappa shape index (κ1) is 44.8. The van der Waals surface area contributed by atoms with Crippen LogP contribution in [-0.4, -0.2) is 84.0 Å². The highest BCUT2D eigenvalue weighted by atomic mass is 16.5. The zero-order valence-electron chi connectivity index (χ0n) is 37.7. The third-order valence-corrected chi connectivity index (χ3v) is 14.0. The lowest BCUT2D eigenvalue weighted by Gasteiger charge is -2.38. The Balaban J connectivity index is 0.747. The minimum absolute atomic E-state index is 0.0770. The van der Waals surface area contributed by atoms with Gasteiger partial charge in [-0.3, -0.25) is 34.3 Å². The van der Waals surface area contributed by atoms with Crippen molar-refractivity contribution in [1.82, 2.24) is 15.1 Å². The number of carbonyl (C=O) groups excluding carboxylic acids is 4. The molecule has 8 rings (SSSR count). The van der Waals surface area contributed by atoms with Crippen LogP contribution >= 0.6 is 0 Å². The molecule has 3 aromatic rings. The van der Waals surface area contributed by atoms with Crippen molar-refractivity contribution < 1.29 is 33.4 Å². The maximum absolute atomic E-state index is 13.2. The van der Waals surface area contributed by atoms with Gasteiger partial charge in [0.05, 0.1) is 23.8 Å². The molecular weight excluding hydrogens is 803 g/mol. The monoisotopic (exact) mass is 863 g/mol. The summed E-state index contributed by atoms with van der Waals surface area (Å²) >= 11 is 0. The number of amides is 4. The maximum Gasteiger partial charge on any atom is 0.262 e. The number of terminal acetylenes is 1. The summed E-state index contributed by atoms with van der Waals surface area (Å²) in [4.78, 5) is 53.7. The van der Waals surface area contributed by atoms with Crippen LogP contribution in [0.5, 0.6) is 5.75 Å². The normalized spacial score (nSPS) is 24.8. The standard InChI is InChI=1S/C54H61N3O7/c1-7-38(39-14-17-45(47(29-39)33(3)4)48-25-34(5)9-10-35(48)6)13-15-41(8-2)64-43-27-37(28-43)12-11-36-21-22-56-32-44(30-40(56)26-36)63-24-23-62-42-16-18-46-49(31-42)54(61)57(53(46)60)50-19-20-51(58)55-52(50)59/h2,7,9-10,13-18,25,29,31,33,36-37,40,43-44,50H,1,11-12,19-24,26-28,30,32H2,3-6H3,(H,55,58,59)/b38-13+,41-15+/t36?,37-,40?,43-,44-,50?/m1/s1.